The third-order valence-electron chi connectivity index (χ3n) is 12.8. The summed E-state index contributed by atoms with van der Waals surface area (Å²) in [6.07, 6.45) is 41.0. The summed E-state index contributed by atoms with van der Waals surface area (Å²) in [5.41, 5.74) is 0. The molecule has 0 radical (unpaired) electrons. The molecule has 6 N–H and O–H groups in total. The third kappa shape index (κ3) is 35.0. The molecule has 1 aliphatic heterocycles. The van der Waals surface area contributed by atoms with Crippen molar-refractivity contribution in [2.45, 2.75) is 288 Å². The Labute approximate surface area is 397 Å². The van der Waals surface area contributed by atoms with Gasteiger partial charge in [0.1, 0.15) is 24.4 Å². The maximum atomic E-state index is 13.0. The molecule has 1 amide bonds. The molecule has 1 rings (SSSR count). The molecule has 0 aromatic carbocycles. The number of hydrogen-bond acceptors (Lipinski definition) is 10. The molecule has 0 bridgehead atoms. The zero-order chi connectivity index (χ0) is 47.4. The lowest BCUT2D eigenvalue weighted by atomic mass is 9.99. The van der Waals surface area contributed by atoms with Crippen molar-refractivity contribution in [3.63, 3.8) is 0 Å². The molecule has 7 unspecified atom stereocenters. The van der Waals surface area contributed by atoms with E-state index >= 15 is 0 Å². The highest BCUT2D eigenvalue weighted by Gasteiger charge is 2.44. The van der Waals surface area contributed by atoms with Gasteiger partial charge in [0.2, 0.25) is 5.91 Å². The minimum absolute atomic E-state index is 0.0347. The van der Waals surface area contributed by atoms with Crippen molar-refractivity contribution in [1.29, 1.82) is 0 Å². The summed E-state index contributed by atoms with van der Waals surface area (Å²) in [6, 6.07) is -0.838. The summed E-state index contributed by atoms with van der Waals surface area (Å²) in [5.74, 6) is -0.242. The minimum Gasteiger partial charge on any atom is -0.466 e. The molecular formula is C54H101NO10. The van der Waals surface area contributed by atoms with Gasteiger partial charge in [0.15, 0.2) is 6.29 Å². The number of aliphatic hydroxyl groups excluding tert-OH is 5. The lowest BCUT2D eigenvalue weighted by molar-refractivity contribution is -0.302. The molecule has 1 saturated heterocycles. The van der Waals surface area contributed by atoms with E-state index in [0.29, 0.717) is 19.4 Å². The summed E-state index contributed by atoms with van der Waals surface area (Å²) >= 11 is 0. The summed E-state index contributed by atoms with van der Waals surface area (Å²) < 4.78 is 16.7. The van der Waals surface area contributed by atoms with Crippen molar-refractivity contribution in [2.75, 3.05) is 19.8 Å². The number of allylic oxidation sites excluding steroid dienone is 3. The summed E-state index contributed by atoms with van der Waals surface area (Å²) in [4.78, 5) is 25.0. The highest BCUT2D eigenvalue weighted by molar-refractivity contribution is 5.76. The van der Waals surface area contributed by atoms with Crippen molar-refractivity contribution in [3.8, 4) is 0 Å². The smallest absolute Gasteiger partial charge is 0.305 e. The highest BCUT2D eigenvalue weighted by Crippen LogP contribution is 2.23. The number of aliphatic hydroxyl groups is 5. The Morgan fingerprint density at radius 3 is 1.52 bits per heavy atom. The van der Waals surface area contributed by atoms with Crippen LogP contribution in [0.1, 0.15) is 245 Å². The van der Waals surface area contributed by atoms with Gasteiger partial charge < -0.3 is 45.1 Å². The van der Waals surface area contributed by atoms with E-state index in [4.69, 9.17) is 14.2 Å². The van der Waals surface area contributed by atoms with Gasteiger partial charge in [-0.2, -0.15) is 0 Å². The second-order valence-electron chi connectivity index (χ2n) is 18.9. The zero-order valence-corrected chi connectivity index (χ0v) is 41.7. The second-order valence-corrected chi connectivity index (χ2v) is 18.9. The monoisotopic (exact) mass is 924 g/mol. The fourth-order valence-corrected chi connectivity index (χ4v) is 8.45. The van der Waals surface area contributed by atoms with Gasteiger partial charge in [-0.25, -0.2) is 0 Å². The molecule has 0 aromatic rings. The molecule has 11 heteroatoms. The number of ether oxygens (including phenoxy) is 3. The Morgan fingerprint density at radius 1 is 0.554 bits per heavy atom. The van der Waals surface area contributed by atoms with Crippen LogP contribution >= 0.6 is 0 Å². The number of carbonyl (C=O) groups is 2. The van der Waals surface area contributed by atoms with Crippen molar-refractivity contribution in [1.82, 2.24) is 5.32 Å². The number of unbranched alkanes of at least 4 members (excludes halogenated alkanes) is 30. The number of rotatable bonds is 46. The van der Waals surface area contributed by atoms with Crippen molar-refractivity contribution >= 4 is 11.9 Å². The van der Waals surface area contributed by atoms with Crippen LogP contribution in [0.5, 0.6) is 0 Å². The number of hydrogen-bond donors (Lipinski definition) is 6. The lowest BCUT2D eigenvalue weighted by Crippen LogP contribution is -2.60. The zero-order valence-electron chi connectivity index (χ0n) is 41.7. The van der Waals surface area contributed by atoms with Gasteiger partial charge in [-0.05, 0) is 44.9 Å². The topological polar surface area (TPSA) is 175 Å². The summed E-state index contributed by atoms with van der Waals surface area (Å²) in [7, 11) is 0. The third-order valence-corrected chi connectivity index (χ3v) is 12.8. The largest absolute Gasteiger partial charge is 0.466 e. The maximum absolute atomic E-state index is 13.0. The lowest BCUT2D eigenvalue weighted by Gasteiger charge is -2.40. The molecular weight excluding hydrogens is 823 g/mol. The second kappa shape index (κ2) is 44.6. The van der Waals surface area contributed by atoms with Crippen molar-refractivity contribution in [3.05, 3.63) is 24.3 Å². The number of esters is 1. The minimum atomic E-state index is -1.58. The predicted molar refractivity (Wildman–Crippen MR) is 264 cm³/mol. The first kappa shape index (κ1) is 61.2. The van der Waals surface area contributed by atoms with Gasteiger partial charge in [-0.15, -0.1) is 0 Å². The van der Waals surface area contributed by atoms with E-state index in [1.54, 1.807) is 6.08 Å². The summed E-state index contributed by atoms with van der Waals surface area (Å²) in [6.45, 7) is 4.26. The molecule has 0 spiro atoms. The van der Waals surface area contributed by atoms with Crippen LogP contribution < -0.4 is 5.32 Å². The Kier molecular flexibility index (Phi) is 42.0. The fourth-order valence-electron chi connectivity index (χ4n) is 8.45. The van der Waals surface area contributed by atoms with Crippen LogP contribution in [-0.4, -0.2) is 100 Å². The SMILES string of the molecule is CCCCCCCCCC/C=C/CC/C=C/C(O)C(COC1OC(CO)C(O)C(O)C1O)NC(=O)CCCCCCCCCCCCCCOC(=O)CCCCCCCCCCCCC. The van der Waals surface area contributed by atoms with E-state index < -0.39 is 49.5 Å². The first-order valence-electron chi connectivity index (χ1n) is 27.1. The first-order valence-corrected chi connectivity index (χ1v) is 27.1. The van der Waals surface area contributed by atoms with Crippen LogP contribution in [0.25, 0.3) is 0 Å². The Balaban J connectivity index is 2.21. The van der Waals surface area contributed by atoms with E-state index in [1.807, 2.05) is 6.08 Å². The predicted octanol–water partition coefficient (Wildman–Crippen LogP) is 11.4. The molecule has 7 atom stereocenters. The van der Waals surface area contributed by atoms with Gasteiger partial charge in [-0.3, -0.25) is 9.59 Å². The van der Waals surface area contributed by atoms with Gasteiger partial charge in [0.25, 0.3) is 0 Å². The van der Waals surface area contributed by atoms with Gasteiger partial charge >= 0.3 is 5.97 Å². The van der Waals surface area contributed by atoms with Crippen LogP contribution in [0.3, 0.4) is 0 Å². The average molecular weight is 924 g/mol. The number of nitrogens with one attached hydrogen (secondary N) is 1. The van der Waals surface area contributed by atoms with Crippen LogP contribution in [0.2, 0.25) is 0 Å². The van der Waals surface area contributed by atoms with Crippen molar-refractivity contribution < 1.29 is 49.3 Å². The number of carbonyl (C=O) groups excluding carboxylic acids is 2. The maximum Gasteiger partial charge on any atom is 0.305 e. The number of amides is 1. The van der Waals surface area contributed by atoms with Crippen molar-refractivity contribution in [2.24, 2.45) is 0 Å². The van der Waals surface area contributed by atoms with Crippen LogP contribution in [0.15, 0.2) is 24.3 Å². The van der Waals surface area contributed by atoms with Gasteiger partial charge in [-0.1, -0.05) is 212 Å². The van der Waals surface area contributed by atoms with E-state index in [2.05, 4.69) is 31.3 Å². The summed E-state index contributed by atoms with van der Waals surface area (Å²) in [5, 5.41) is 54.3. The highest BCUT2D eigenvalue weighted by atomic mass is 16.7. The van der Waals surface area contributed by atoms with Crippen LogP contribution in [-0.2, 0) is 23.8 Å². The molecule has 1 aliphatic rings. The van der Waals surface area contributed by atoms with E-state index in [0.717, 1.165) is 70.6 Å². The fraction of sp³-hybridized carbons (Fsp3) is 0.889. The Morgan fingerprint density at radius 2 is 1.00 bits per heavy atom. The average Bonchev–Trinajstić information content (AvgIpc) is 3.30. The molecule has 65 heavy (non-hydrogen) atoms. The molecule has 382 valence electrons. The molecule has 1 heterocycles. The normalized spacial score (nSPS) is 19.9. The molecule has 0 saturated carbocycles. The quantitative estimate of drug-likeness (QED) is 0.0196. The standard InChI is InChI=1S/C54H101NO10/c1-3-5-7-9-11-13-15-16-17-21-24-28-32-36-40-47(57)46(45-64-54-53(62)52(61)51(60)48(44-56)65-54)55-49(58)41-37-33-29-25-22-18-19-23-27-31-35-39-43-63-50(59)42-38-34-30-26-20-14-12-10-8-6-4-2/h21,24,36,40,46-48,51-54,56-57,60-62H,3-20,22-23,25-35,37-39,41-45H2,1-2H3,(H,55,58)/b24-21+,40-36+. The van der Waals surface area contributed by atoms with Crippen LogP contribution in [0.4, 0.5) is 0 Å². The van der Waals surface area contributed by atoms with Crippen LogP contribution in [0, 0.1) is 0 Å². The van der Waals surface area contributed by atoms with E-state index in [9.17, 15) is 35.1 Å². The molecule has 0 aliphatic carbocycles. The van der Waals surface area contributed by atoms with Gasteiger partial charge in [0, 0.05) is 12.8 Å². The molecule has 1 fully saturated rings. The van der Waals surface area contributed by atoms with Gasteiger partial charge in [0.05, 0.1) is 32.0 Å². The Bertz CT molecular complexity index is 1130. The van der Waals surface area contributed by atoms with E-state index in [1.165, 1.54) is 148 Å². The Hall–Kier alpha value is -1.86. The van der Waals surface area contributed by atoms with E-state index in [-0.39, 0.29) is 18.5 Å². The molecule has 0 aromatic heterocycles. The molecule has 11 nitrogen and oxygen atoms in total. The first-order chi connectivity index (χ1) is 31.7.